The van der Waals surface area contributed by atoms with Crippen molar-refractivity contribution in [3.8, 4) is 0 Å². The number of nitrogens with zero attached hydrogens (tertiary/aromatic N) is 1. The Morgan fingerprint density at radius 1 is 1.14 bits per heavy atom. The lowest BCUT2D eigenvalue weighted by atomic mass is 9.80. The van der Waals surface area contributed by atoms with E-state index in [1.54, 1.807) is 6.07 Å². The summed E-state index contributed by atoms with van der Waals surface area (Å²) in [4.78, 5) is 2.32. The van der Waals surface area contributed by atoms with Crippen LogP contribution in [0, 0.1) is 11.6 Å². The largest absolute Gasteiger partial charge is 0.325 e. The summed E-state index contributed by atoms with van der Waals surface area (Å²) < 4.78 is 27.0. The zero-order valence-corrected chi connectivity index (χ0v) is 12.5. The second-order valence-electron chi connectivity index (χ2n) is 6.70. The summed E-state index contributed by atoms with van der Waals surface area (Å²) in [6.07, 6.45) is 7.63. The van der Waals surface area contributed by atoms with E-state index in [9.17, 15) is 8.78 Å². The predicted molar refractivity (Wildman–Crippen MR) is 80.0 cm³/mol. The number of nitrogens with two attached hydrogens (primary N) is 1. The quantitative estimate of drug-likeness (QED) is 0.926. The van der Waals surface area contributed by atoms with Crippen LogP contribution in [0.1, 0.15) is 49.7 Å². The molecule has 1 aliphatic carbocycles. The van der Waals surface area contributed by atoms with Crippen LogP contribution in [0.4, 0.5) is 8.78 Å². The number of halogens is 2. The van der Waals surface area contributed by atoms with Crippen LogP contribution in [0.15, 0.2) is 12.1 Å². The highest BCUT2D eigenvalue weighted by Crippen LogP contribution is 2.30. The fourth-order valence-corrected chi connectivity index (χ4v) is 3.72. The van der Waals surface area contributed by atoms with Gasteiger partial charge in [-0.2, -0.15) is 0 Å². The number of hydrogen-bond acceptors (Lipinski definition) is 2. The van der Waals surface area contributed by atoms with Gasteiger partial charge in [-0.15, -0.1) is 0 Å². The summed E-state index contributed by atoms with van der Waals surface area (Å²) >= 11 is 0. The molecular formula is C17H24F2N2. The molecule has 1 aliphatic heterocycles. The molecule has 2 nitrogen and oxygen atoms in total. The van der Waals surface area contributed by atoms with E-state index in [1.165, 1.54) is 25.3 Å². The lowest BCUT2D eigenvalue weighted by Gasteiger charge is -2.36. The van der Waals surface area contributed by atoms with E-state index >= 15 is 0 Å². The number of fused-ring (bicyclic) bond motifs is 1. The molecule has 0 amide bonds. The molecule has 0 radical (unpaired) electrons. The normalized spacial score (nSPS) is 22.0. The zero-order chi connectivity index (χ0) is 14.9. The Bertz CT molecular complexity index is 510. The van der Waals surface area contributed by atoms with Crippen LogP contribution >= 0.6 is 0 Å². The van der Waals surface area contributed by atoms with Gasteiger partial charge in [0.1, 0.15) is 0 Å². The van der Waals surface area contributed by atoms with Gasteiger partial charge in [-0.1, -0.05) is 25.3 Å². The van der Waals surface area contributed by atoms with Crippen molar-refractivity contribution in [2.75, 3.05) is 13.1 Å². The highest BCUT2D eigenvalue weighted by atomic mass is 19.2. The molecule has 2 aliphatic rings. The van der Waals surface area contributed by atoms with Crippen molar-refractivity contribution in [2.24, 2.45) is 5.73 Å². The summed E-state index contributed by atoms with van der Waals surface area (Å²) in [6.45, 7) is 2.46. The molecule has 0 saturated heterocycles. The van der Waals surface area contributed by atoms with Crippen molar-refractivity contribution in [3.63, 3.8) is 0 Å². The van der Waals surface area contributed by atoms with E-state index < -0.39 is 11.6 Å². The van der Waals surface area contributed by atoms with Gasteiger partial charge in [-0.3, -0.25) is 4.90 Å². The first-order valence-electron chi connectivity index (χ1n) is 8.04. The number of benzene rings is 1. The number of rotatable bonds is 3. The molecule has 3 rings (SSSR count). The molecule has 1 fully saturated rings. The van der Waals surface area contributed by atoms with E-state index in [0.29, 0.717) is 18.5 Å². The molecule has 1 saturated carbocycles. The number of hydrogen-bond donors (Lipinski definition) is 1. The average molecular weight is 294 g/mol. The molecule has 1 heterocycles. The van der Waals surface area contributed by atoms with E-state index in [0.717, 1.165) is 37.9 Å². The highest BCUT2D eigenvalue weighted by Gasteiger charge is 2.29. The predicted octanol–water partition coefficient (Wildman–Crippen LogP) is 3.37. The molecule has 0 unspecified atom stereocenters. The first kappa shape index (κ1) is 14.9. The molecule has 4 heteroatoms. The lowest BCUT2D eigenvalue weighted by Crippen LogP contribution is -2.45. The van der Waals surface area contributed by atoms with Crippen molar-refractivity contribution < 1.29 is 8.78 Å². The third-order valence-corrected chi connectivity index (χ3v) is 5.14. The van der Waals surface area contributed by atoms with Crippen molar-refractivity contribution in [1.82, 2.24) is 4.90 Å². The van der Waals surface area contributed by atoms with Crippen LogP contribution in [-0.4, -0.2) is 23.5 Å². The molecular weight excluding hydrogens is 270 g/mol. The molecule has 1 aromatic carbocycles. The Morgan fingerprint density at radius 3 is 2.67 bits per heavy atom. The van der Waals surface area contributed by atoms with Crippen LogP contribution in [0.2, 0.25) is 0 Å². The van der Waals surface area contributed by atoms with Crippen LogP contribution in [0.3, 0.4) is 0 Å². The summed E-state index contributed by atoms with van der Waals surface area (Å²) in [5.41, 5.74) is 7.96. The first-order chi connectivity index (χ1) is 10.1. The Balaban J connectivity index is 1.60. The maximum absolute atomic E-state index is 13.7. The minimum Gasteiger partial charge on any atom is -0.325 e. The summed E-state index contributed by atoms with van der Waals surface area (Å²) in [7, 11) is 0. The topological polar surface area (TPSA) is 29.3 Å². The van der Waals surface area contributed by atoms with E-state index in [2.05, 4.69) is 4.90 Å². The summed E-state index contributed by atoms with van der Waals surface area (Å²) in [5, 5.41) is 0. The van der Waals surface area contributed by atoms with Gasteiger partial charge < -0.3 is 5.73 Å². The molecule has 0 aromatic heterocycles. The molecule has 2 N–H and O–H groups in total. The minimum absolute atomic E-state index is 0.00737. The molecule has 116 valence electrons. The second-order valence-corrected chi connectivity index (χ2v) is 6.70. The monoisotopic (exact) mass is 294 g/mol. The summed E-state index contributed by atoms with van der Waals surface area (Å²) in [5.74, 6) is -1.39. The van der Waals surface area contributed by atoms with Crippen LogP contribution in [-0.2, 0) is 13.0 Å². The smallest absolute Gasteiger partial charge is 0.162 e. The molecule has 0 bridgehead atoms. The Labute approximate surface area is 125 Å². The van der Waals surface area contributed by atoms with Gasteiger partial charge >= 0.3 is 0 Å². The van der Waals surface area contributed by atoms with Gasteiger partial charge in [0.15, 0.2) is 11.6 Å². The minimum atomic E-state index is -0.731. The molecule has 0 atom stereocenters. The lowest BCUT2D eigenvalue weighted by molar-refractivity contribution is 0.195. The average Bonchev–Trinajstić information content (AvgIpc) is 2.50. The Kier molecular flexibility index (Phi) is 4.27. The van der Waals surface area contributed by atoms with Gasteiger partial charge in [-0.25, -0.2) is 8.78 Å². The molecule has 1 aromatic rings. The van der Waals surface area contributed by atoms with Crippen molar-refractivity contribution in [2.45, 2.75) is 57.0 Å². The van der Waals surface area contributed by atoms with Gasteiger partial charge in [0, 0.05) is 25.2 Å². The Hall–Kier alpha value is -1.00. The first-order valence-corrected chi connectivity index (χ1v) is 8.04. The molecule has 21 heavy (non-hydrogen) atoms. The van der Waals surface area contributed by atoms with E-state index in [-0.39, 0.29) is 5.54 Å². The third-order valence-electron chi connectivity index (χ3n) is 5.14. The van der Waals surface area contributed by atoms with Gasteiger partial charge in [-0.05, 0) is 42.9 Å². The van der Waals surface area contributed by atoms with Crippen LogP contribution in [0.25, 0.3) is 0 Å². The zero-order valence-electron chi connectivity index (χ0n) is 12.5. The van der Waals surface area contributed by atoms with Crippen molar-refractivity contribution in [1.29, 1.82) is 0 Å². The van der Waals surface area contributed by atoms with Crippen molar-refractivity contribution in [3.05, 3.63) is 34.9 Å². The highest BCUT2D eigenvalue weighted by molar-refractivity contribution is 5.31. The van der Waals surface area contributed by atoms with Crippen LogP contribution in [0.5, 0.6) is 0 Å². The van der Waals surface area contributed by atoms with E-state index in [4.69, 9.17) is 5.73 Å². The second kappa shape index (κ2) is 6.01. The Morgan fingerprint density at radius 2 is 1.90 bits per heavy atom. The molecule has 0 spiro atoms. The fraction of sp³-hybridized carbons (Fsp3) is 0.647. The third kappa shape index (κ3) is 3.27. The SMILES string of the molecule is NC1(CCN2CCc3c(ccc(F)c3F)C2)CCCCC1. The summed E-state index contributed by atoms with van der Waals surface area (Å²) in [6, 6.07) is 2.96. The maximum atomic E-state index is 13.7. The van der Waals surface area contributed by atoms with E-state index in [1.807, 2.05) is 0 Å². The van der Waals surface area contributed by atoms with Gasteiger partial charge in [0.05, 0.1) is 0 Å². The van der Waals surface area contributed by atoms with Crippen molar-refractivity contribution >= 4 is 0 Å². The van der Waals surface area contributed by atoms with Gasteiger partial charge in [0.25, 0.3) is 0 Å². The van der Waals surface area contributed by atoms with Crippen LogP contribution < -0.4 is 5.73 Å². The van der Waals surface area contributed by atoms with Gasteiger partial charge in [0.2, 0.25) is 0 Å². The maximum Gasteiger partial charge on any atom is 0.162 e. The fourth-order valence-electron chi connectivity index (χ4n) is 3.72. The standard InChI is InChI=1S/C17H24F2N2/c18-15-5-4-13-12-21(10-6-14(13)16(15)19)11-9-17(20)7-2-1-3-8-17/h4-5H,1-3,6-12,20H2.